The van der Waals surface area contributed by atoms with Crippen LogP contribution in [0.2, 0.25) is 0 Å². The fourth-order valence-corrected chi connectivity index (χ4v) is 3.25. The minimum absolute atomic E-state index is 0.0824. The molecular formula is C14H16N2O2S2. The van der Waals surface area contributed by atoms with Crippen molar-refractivity contribution >= 4 is 28.9 Å². The number of carbonyl (C=O) groups excluding carboxylic acids is 1. The summed E-state index contributed by atoms with van der Waals surface area (Å²) in [5.74, 6) is 1.24. The molecule has 0 aliphatic rings. The van der Waals surface area contributed by atoms with E-state index in [4.69, 9.17) is 4.74 Å². The molecule has 2 rings (SSSR count). The molecule has 0 atom stereocenters. The maximum Gasteiger partial charge on any atom is 0.174 e. The number of aromatic nitrogens is 2. The zero-order chi connectivity index (χ0) is 14.5. The third-order valence-electron chi connectivity index (χ3n) is 2.38. The normalized spacial score (nSPS) is 10.8. The average molecular weight is 308 g/mol. The minimum Gasteiger partial charge on any atom is -0.491 e. The molecule has 0 saturated heterocycles. The van der Waals surface area contributed by atoms with Gasteiger partial charge in [-0.15, -0.1) is 10.2 Å². The molecule has 1 aromatic heterocycles. The van der Waals surface area contributed by atoms with Gasteiger partial charge in [0.2, 0.25) is 0 Å². The molecule has 0 aliphatic heterocycles. The van der Waals surface area contributed by atoms with E-state index in [0.29, 0.717) is 11.3 Å². The van der Waals surface area contributed by atoms with Crippen molar-refractivity contribution in [3.63, 3.8) is 0 Å². The lowest BCUT2D eigenvalue weighted by atomic mass is 10.1. The van der Waals surface area contributed by atoms with E-state index in [2.05, 4.69) is 10.2 Å². The Labute approximate surface area is 126 Å². The molecule has 4 nitrogen and oxygen atoms in total. The van der Waals surface area contributed by atoms with E-state index in [1.807, 2.05) is 32.9 Å². The van der Waals surface area contributed by atoms with Crippen molar-refractivity contribution in [2.24, 2.45) is 0 Å². The number of nitrogens with zero attached hydrogens (tertiary/aromatic N) is 2. The van der Waals surface area contributed by atoms with E-state index in [9.17, 15) is 4.79 Å². The zero-order valence-electron chi connectivity index (χ0n) is 11.6. The van der Waals surface area contributed by atoms with Gasteiger partial charge in [0.25, 0.3) is 0 Å². The number of aryl methyl sites for hydroxylation is 1. The van der Waals surface area contributed by atoms with E-state index in [-0.39, 0.29) is 11.9 Å². The van der Waals surface area contributed by atoms with Crippen LogP contribution in [0.25, 0.3) is 0 Å². The maximum absolute atomic E-state index is 12.1. The van der Waals surface area contributed by atoms with Crippen LogP contribution in [-0.4, -0.2) is 27.8 Å². The van der Waals surface area contributed by atoms with Crippen molar-refractivity contribution in [1.29, 1.82) is 0 Å². The summed E-state index contributed by atoms with van der Waals surface area (Å²) >= 11 is 2.93. The first kappa shape index (κ1) is 15.0. The number of Topliss-reactive ketones (excluding diaryl/α,β-unsaturated/α-hetero) is 1. The summed E-state index contributed by atoms with van der Waals surface area (Å²) in [4.78, 5) is 12.1. The molecule has 20 heavy (non-hydrogen) atoms. The van der Waals surface area contributed by atoms with Crippen LogP contribution in [0.4, 0.5) is 0 Å². The zero-order valence-corrected chi connectivity index (χ0v) is 13.3. The maximum atomic E-state index is 12.1. The van der Waals surface area contributed by atoms with Crippen LogP contribution in [0.1, 0.15) is 29.2 Å². The lowest BCUT2D eigenvalue weighted by Crippen LogP contribution is -2.06. The van der Waals surface area contributed by atoms with Crippen LogP contribution < -0.4 is 4.74 Å². The number of rotatable bonds is 6. The van der Waals surface area contributed by atoms with Gasteiger partial charge < -0.3 is 4.74 Å². The summed E-state index contributed by atoms with van der Waals surface area (Å²) in [5.41, 5.74) is 0.690. The monoisotopic (exact) mass is 308 g/mol. The Hall–Kier alpha value is -1.40. The highest BCUT2D eigenvalue weighted by atomic mass is 32.2. The molecule has 0 bridgehead atoms. The average Bonchev–Trinajstić information content (AvgIpc) is 2.82. The summed E-state index contributed by atoms with van der Waals surface area (Å²) in [6.45, 7) is 5.84. The van der Waals surface area contributed by atoms with Gasteiger partial charge in [0.15, 0.2) is 10.1 Å². The molecule has 0 N–H and O–H groups in total. The molecule has 0 radical (unpaired) electrons. The Bertz CT molecular complexity index is 579. The predicted octanol–water partition coefficient (Wildman–Crippen LogP) is 3.61. The van der Waals surface area contributed by atoms with Crippen molar-refractivity contribution in [1.82, 2.24) is 10.2 Å². The third kappa shape index (κ3) is 4.31. The van der Waals surface area contributed by atoms with Gasteiger partial charge in [-0.05, 0) is 45.0 Å². The van der Waals surface area contributed by atoms with Gasteiger partial charge in [-0.2, -0.15) is 0 Å². The van der Waals surface area contributed by atoms with Gasteiger partial charge >= 0.3 is 0 Å². The highest BCUT2D eigenvalue weighted by molar-refractivity contribution is 8.01. The molecule has 1 heterocycles. The van der Waals surface area contributed by atoms with Gasteiger partial charge in [0.05, 0.1) is 11.9 Å². The molecule has 106 valence electrons. The molecular weight excluding hydrogens is 292 g/mol. The molecule has 1 aromatic carbocycles. The minimum atomic E-state index is 0.0824. The summed E-state index contributed by atoms with van der Waals surface area (Å²) in [6.07, 6.45) is 0.132. The lowest BCUT2D eigenvalue weighted by Gasteiger charge is -2.09. The van der Waals surface area contributed by atoms with Crippen LogP contribution in [0.3, 0.4) is 0 Å². The van der Waals surface area contributed by atoms with Crippen molar-refractivity contribution < 1.29 is 9.53 Å². The largest absolute Gasteiger partial charge is 0.491 e. The Morgan fingerprint density at radius 3 is 2.55 bits per heavy atom. The summed E-state index contributed by atoms with van der Waals surface area (Å²) < 4.78 is 6.38. The first-order chi connectivity index (χ1) is 9.54. The Kier molecular flexibility index (Phi) is 5.14. The van der Waals surface area contributed by atoms with Crippen LogP contribution in [0.15, 0.2) is 28.6 Å². The van der Waals surface area contributed by atoms with E-state index in [0.717, 1.165) is 15.1 Å². The topological polar surface area (TPSA) is 52.1 Å². The van der Waals surface area contributed by atoms with Gasteiger partial charge in [0.1, 0.15) is 10.8 Å². The first-order valence-electron chi connectivity index (χ1n) is 6.27. The van der Waals surface area contributed by atoms with E-state index in [1.54, 1.807) is 12.1 Å². The molecule has 0 unspecified atom stereocenters. The van der Waals surface area contributed by atoms with Crippen LogP contribution in [0.5, 0.6) is 5.75 Å². The van der Waals surface area contributed by atoms with Gasteiger partial charge in [-0.25, -0.2) is 0 Å². The van der Waals surface area contributed by atoms with E-state index >= 15 is 0 Å². The van der Waals surface area contributed by atoms with Crippen molar-refractivity contribution in [2.75, 3.05) is 5.75 Å². The summed E-state index contributed by atoms with van der Waals surface area (Å²) in [7, 11) is 0. The molecule has 0 saturated carbocycles. The Morgan fingerprint density at radius 1 is 1.30 bits per heavy atom. The number of hydrogen-bond donors (Lipinski definition) is 0. The number of hydrogen-bond acceptors (Lipinski definition) is 6. The smallest absolute Gasteiger partial charge is 0.174 e. The van der Waals surface area contributed by atoms with Gasteiger partial charge in [-0.1, -0.05) is 23.1 Å². The van der Waals surface area contributed by atoms with Crippen LogP contribution >= 0.6 is 23.1 Å². The van der Waals surface area contributed by atoms with Crippen molar-refractivity contribution in [2.45, 2.75) is 31.2 Å². The summed E-state index contributed by atoms with van der Waals surface area (Å²) in [6, 6.07) is 7.25. The SMILES string of the molecule is Cc1nnc(SCC(=O)c2ccc(OC(C)C)cc2)s1. The number of carbonyl (C=O) groups is 1. The van der Waals surface area contributed by atoms with Gasteiger partial charge in [-0.3, -0.25) is 4.79 Å². The number of benzene rings is 1. The van der Waals surface area contributed by atoms with Crippen molar-refractivity contribution in [3.05, 3.63) is 34.8 Å². The molecule has 0 fully saturated rings. The predicted molar refractivity (Wildman–Crippen MR) is 81.9 cm³/mol. The van der Waals surface area contributed by atoms with E-state index < -0.39 is 0 Å². The fraction of sp³-hybridized carbons (Fsp3) is 0.357. The summed E-state index contributed by atoms with van der Waals surface area (Å²) in [5, 5.41) is 8.83. The number of ether oxygens (including phenoxy) is 1. The number of ketones is 1. The van der Waals surface area contributed by atoms with Gasteiger partial charge in [0, 0.05) is 5.56 Å². The third-order valence-corrected chi connectivity index (χ3v) is 4.35. The van der Waals surface area contributed by atoms with Crippen molar-refractivity contribution in [3.8, 4) is 5.75 Å². The lowest BCUT2D eigenvalue weighted by molar-refractivity contribution is 0.102. The quantitative estimate of drug-likeness (QED) is 0.603. The molecule has 0 amide bonds. The van der Waals surface area contributed by atoms with E-state index in [1.165, 1.54) is 23.1 Å². The second-order valence-corrected chi connectivity index (χ2v) is 6.89. The van der Waals surface area contributed by atoms with Crippen LogP contribution in [-0.2, 0) is 0 Å². The molecule has 6 heteroatoms. The Balaban J connectivity index is 1.92. The second kappa shape index (κ2) is 6.85. The first-order valence-corrected chi connectivity index (χ1v) is 8.07. The Morgan fingerprint density at radius 2 is 2.00 bits per heavy atom. The fourth-order valence-electron chi connectivity index (χ4n) is 1.54. The highest BCUT2D eigenvalue weighted by Crippen LogP contribution is 2.23. The molecule has 2 aromatic rings. The number of thioether (sulfide) groups is 1. The molecule has 0 aliphatic carbocycles. The highest BCUT2D eigenvalue weighted by Gasteiger charge is 2.09. The van der Waals surface area contributed by atoms with Crippen LogP contribution in [0, 0.1) is 6.92 Å². The second-order valence-electron chi connectivity index (χ2n) is 4.49. The molecule has 0 spiro atoms. The standard InChI is InChI=1S/C14H16N2O2S2/c1-9(2)18-12-6-4-11(5-7-12)13(17)8-19-14-16-15-10(3)20-14/h4-7,9H,8H2,1-3H3.